The van der Waals surface area contributed by atoms with E-state index in [1.165, 1.54) is 0 Å². The number of rotatable bonds is 6. The highest BCUT2D eigenvalue weighted by Crippen LogP contribution is 2.14. The molecule has 0 fully saturated rings. The molecule has 0 bridgehead atoms. The Hall–Kier alpha value is -1.88. The maximum Gasteiger partial charge on any atom is 0.221 e. The van der Waals surface area contributed by atoms with Crippen molar-refractivity contribution >= 4 is 16.9 Å². The summed E-state index contributed by atoms with van der Waals surface area (Å²) in [4.78, 5) is 16.0. The summed E-state index contributed by atoms with van der Waals surface area (Å²) >= 11 is 0. The molecule has 2 aromatic rings. The van der Waals surface area contributed by atoms with Gasteiger partial charge in [-0.25, -0.2) is 4.98 Å². The van der Waals surface area contributed by atoms with Gasteiger partial charge in [0.1, 0.15) is 5.82 Å². The van der Waals surface area contributed by atoms with Crippen LogP contribution in [0.15, 0.2) is 24.3 Å². The van der Waals surface area contributed by atoms with E-state index < -0.39 is 0 Å². The van der Waals surface area contributed by atoms with Gasteiger partial charge >= 0.3 is 0 Å². The lowest BCUT2D eigenvalue weighted by atomic mass is 10.3. The number of para-hydroxylation sites is 2. The van der Waals surface area contributed by atoms with Crippen molar-refractivity contribution in [2.75, 3.05) is 20.1 Å². The van der Waals surface area contributed by atoms with Crippen LogP contribution in [0.25, 0.3) is 11.0 Å². The molecule has 0 unspecified atom stereocenters. The van der Waals surface area contributed by atoms with Crippen LogP contribution < -0.4 is 10.6 Å². The summed E-state index contributed by atoms with van der Waals surface area (Å²) in [5.41, 5.74) is 2.12. The Morgan fingerprint density at radius 1 is 1.32 bits per heavy atom. The van der Waals surface area contributed by atoms with E-state index in [0.717, 1.165) is 23.4 Å². The van der Waals surface area contributed by atoms with E-state index in [4.69, 9.17) is 0 Å². The van der Waals surface area contributed by atoms with Gasteiger partial charge in [-0.1, -0.05) is 12.1 Å². The molecule has 0 aliphatic heterocycles. The Bertz CT molecular complexity index is 562. The van der Waals surface area contributed by atoms with Gasteiger partial charge in [0.15, 0.2) is 0 Å². The number of carbonyl (C=O) groups is 1. The standard InChI is InChI=1S/C14H20N4O/c1-11-17-12-5-3-4-6-13(12)18(11)10-9-16-14(19)7-8-15-2/h3-6,15H,7-10H2,1-2H3,(H,16,19). The second-order valence-electron chi connectivity index (χ2n) is 4.50. The number of nitrogens with zero attached hydrogens (tertiary/aromatic N) is 2. The molecule has 2 rings (SSSR count). The van der Waals surface area contributed by atoms with E-state index >= 15 is 0 Å². The van der Waals surface area contributed by atoms with Gasteiger partial charge in [0, 0.05) is 26.1 Å². The highest BCUT2D eigenvalue weighted by Gasteiger charge is 2.06. The number of imidazole rings is 1. The molecule has 5 nitrogen and oxygen atoms in total. The zero-order chi connectivity index (χ0) is 13.7. The van der Waals surface area contributed by atoms with E-state index in [1.54, 1.807) is 0 Å². The topological polar surface area (TPSA) is 59.0 Å². The fourth-order valence-electron chi connectivity index (χ4n) is 2.11. The Kier molecular flexibility index (Phi) is 4.52. The number of fused-ring (bicyclic) bond motifs is 1. The average Bonchev–Trinajstić information content (AvgIpc) is 2.73. The number of aryl methyl sites for hydroxylation is 1. The summed E-state index contributed by atoms with van der Waals surface area (Å²) < 4.78 is 2.13. The molecular weight excluding hydrogens is 240 g/mol. The van der Waals surface area contributed by atoms with Gasteiger partial charge < -0.3 is 15.2 Å². The normalized spacial score (nSPS) is 10.8. The predicted octanol–water partition coefficient (Wildman–Crippen LogP) is 1.07. The van der Waals surface area contributed by atoms with Crippen LogP contribution in [0.3, 0.4) is 0 Å². The summed E-state index contributed by atoms with van der Waals surface area (Å²) in [6.07, 6.45) is 0.514. The molecule has 0 saturated heterocycles. The second kappa shape index (κ2) is 6.33. The molecule has 0 spiro atoms. The number of benzene rings is 1. The summed E-state index contributed by atoms with van der Waals surface area (Å²) in [6.45, 7) is 4.07. The molecule has 0 atom stereocenters. The molecule has 5 heteroatoms. The lowest BCUT2D eigenvalue weighted by Gasteiger charge is -2.08. The van der Waals surface area contributed by atoms with E-state index in [1.807, 2.05) is 32.2 Å². The maximum atomic E-state index is 11.5. The smallest absolute Gasteiger partial charge is 0.221 e. The van der Waals surface area contributed by atoms with Crippen LogP contribution in [-0.4, -0.2) is 35.6 Å². The van der Waals surface area contributed by atoms with Gasteiger partial charge in [0.2, 0.25) is 5.91 Å². The van der Waals surface area contributed by atoms with E-state index in [0.29, 0.717) is 19.5 Å². The van der Waals surface area contributed by atoms with Gasteiger partial charge in [-0.2, -0.15) is 0 Å². The molecule has 1 amide bonds. The van der Waals surface area contributed by atoms with Crippen LogP contribution in [0.4, 0.5) is 0 Å². The zero-order valence-corrected chi connectivity index (χ0v) is 11.4. The van der Waals surface area contributed by atoms with Crippen LogP contribution in [0.5, 0.6) is 0 Å². The first-order valence-electron chi connectivity index (χ1n) is 6.55. The number of hydrogen-bond donors (Lipinski definition) is 2. The Labute approximate surface area is 113 Å². The minimum atomic E-state index is 0.0800. The second-order valence-corrected chi connectivity index (χ2v) is 4.50. The van der Waals surface area contributed by atoms with Gasteiger partial charge in [-0.05, 0) is 26.1 Å². The van der Waals surface area contributed by atoms with E-state index in [2.05, 4.69) is 26.3 Å². The largest absolute Gasteiger partial charge is 0.354 e. The van der Waals surface area contributed by atoms with Crippen molar-refractivity contribution in [3.05, 3.63) is 30.1 Å². The molecule has 2 N–H and O–H groups in total. The molecule has 0 radical (unpaired) electrons. The van der Waals surface area contributed by atoms with Crippen LogP contribution in [0.2, 0.25) is 0 Å². The number of aromatic nitrogens is 2. The van der Waals surface area contributed by atoms with E-state index in [-0.39, 0.29) is 5.91 Å². The SMILES string of the molecule is CNCCC(=O)NCCn1c(C)nc2ccccc21. The van der Waals surface area contributed by atoms with Gasteiger partial charge in [-0.15, -0.1) is 0 Å². The first kappa shape index (κ1) is 13.5. The van der Waals surface area contributed by atoms with Crippen LogP contribution in [-0.2, 0) is 11.3 Å². The Morgan fingerprint density at radius 2 is 2.11 bits per heavy atom. The highest BCUT2D eigenvalue weighted by molar-refractivity contribution is 5.76. The fraction of sp³-hybridized carbons (Fsp3) is 0.429. The first-order chi connectivity index (χ1) is 9.22. The quantitative estimate of drug-likeness (QED) is 0.817. The lowest BCUT2D eigenvalue weighted by molar-refractivity contribution is -0.121. The molecule has 19 heavy (non-hydrogen) atoms. The molecule has 0 aliphatic rings. The van der Waals surface area contributed by atoms with Crippen molar-refractivity contribution in [1.82, 2.24) is 20.2 Å². The summed E-state index contributed by atoms with van der Waals surface area (Å²) in [7, 11) is 1.84. The molecular formula is C14H20N4O. The van der Waals surface area contributed by atoms with Crippen molar-refractivity contribution in [3.8, 4) is 0 Å². The predicted molar refractivity (Wildman–Crippen MR) is 76.0 cm³/mol. The average molecular weight is 260 g/mol. The summed E-state index contributed by atoms with van der Waals surface area (Å²) in [6, 6.07) is 8.05. The van der Waals surface area contributed by atoms with E-state index in [9.17, 15) is 4.79 Å². The van der Waals surface area contributed by atoms with Gasteiger partial charge in [-0.3, -0.25) is 4.79 Å². The molecule has 102 valence electrons. The number of hydrogen-bond acceptors (Lipinski definition) is 3. The zero-order valence-electron chi connectivity index (χ0n) is 11.4. The fourth-order valence-corrected chi connectivity index (χ4v) is 2.11. The van der Waals surface area contributed by atoms with Crippen molar-refractivity contribution in [2.24, 2.45) is 0 Å². The van der Waals surface area contributed by atoms with Crippen molar-refractivity contribution in [2.45, 2.75) is 19.9 Å². The highest BCUT2D eigenvalue weighted by atomic mass is 16.1. The van der Waals surface area contributed by atoms with Gasteiger partial charge in [0.05, 0.1) is 11.0 Å². The van der Waals surface area contributed by atoms with Crippen molar-refractivity contribution in [3.63, 3.8) is 0 Å². The molecule has 1 heterocycles. The maximum absolute atomic E-state index is 11.5. The number of nitrogens with one attached hydrogen (secondary N) is 2. The number of carbonyl (C=O) groups excluding carboxylic acids is 1. The van der Waals surface area contributed by atoms with Crippen LogP contribution >= 0.6 is 0 Å². The third-order valence-electron chi connectivity index (χ3n) is 3.11. The Morgan fingerprint density at radius 3 is 2.89 bits per heavy atom. The minimum absolute atomic E-state index is 0.0800. The van der Waals surface area contributed by atoms with Crippen LogP contribution in [0, 0.1) is 6.92 Å². The molecule has 1 aromatic carbocycles. The Balaban J connectivity index is 1.94. The van der Waals surface area contributed by atoms with Crippen molar-refractivity contribution < 1.29 is 4.79 Å². The third kappa shape index (κ3) is 3.32. The lowest BCUT2D eigenvalue weighted by Crippen LogP contribution is -2.29. The summed E-state index contributed by atoms with van der Waals surface area (Å²) in [5.74, 6) is 1.06. The van der Waals surface area contributed by atoms with Gasteiger partial charge in [0.25, 0.3) is 0 Å². The first-order valence-corrected chi connectivity index (χ1v) is 6.55. The molecule has 0 saturated carbocycles. The number of amides is 1. The van der Waals surface area contributed by atoms with Crippen LogP contribution in [0.1, 0.15) is 12.2 Å². The monoisotopic (exact) mass is 260 g/mol. The molecule has 0 aliphatic carbocycles. The third-order valence-corrected chi connectivity index (χ3v) is 3.11. The van der Waals surface area contributed by atoms with Crippen molar-refractivity contribution in [1.29, 1.82) is 0 Å². The molecule has 1 aromatic heterocycles. The summed E-state index contributed by atoms with van der Waals surface area (Å²) in [5, 5.41) is 5.88. The minimum Gasteiger partial charge on any atom is -0.354 e.